The summed E-state index contributed by atoms with van der Waals surface area (Å²) in [6.45, 7) is 17.5. The molecule has 1 saturated heterocycles. The van der Waals surface area contributed by atoms with Gasteiger partial charge in [-0.3, -0.25) is 0 Å². The number of hydrogen-bond donors (Lipinski definition) is 0. The summed E-state index contributed by atoms with van der Waals surface area (Å²) in [5.41, 5.74) is 2.02. The first-order chi connectivity index (χ1) is 17.2. The number of carbonyl (C=O) groups is 1. The lowest BCUT2D eigenvalue weighted by molar-refractivity contribution is -0.135. The average molecular weight is 533 g/mol. The normalized spacial score (nSPS) is 20.4. The van der Waals surface area contributed by atoms with Gasteiger partial charge in [-0.25, -0.2) is 4.79 Å². The van der Waals surface area contributed by atoms with Crippen LogP contribution in [0.3, 0.4) is 0 Å². The van der Waals surface area contributed by atoms with Crippen molar-refractivity contribution in [1.29, 1.82) is 0 Å². The summed E-state index contributed by atoms with van der Waals surface area (Å²) < 4.78 is 28.9. The number of carbonyl (C=O) groups excluding carboxylic acids is 1. The molecule has 37 heavy (non-hydrogen) atoms. The Hall–Kier alpha value is -1.93. The molecule has 2 rings (SSSR count). The van der Waals surface area contributed by atoms with E-state index < -0.39 is 8.32 Å². The molecular weight excluding hydrogens is 484 g/mol. The van der Waals surface area contributed by atoms with Crippen molar-refractivity contribution in [2.45, 2.75) is 90.8 Å². The standard InChI is InChI=1S/C30H48O6Si/c1-29(2,3)37(8,9)35-22-30(4,5)16-14-26-18-24(20-28(31)33-7)19-27(36-26)15-17-34-21-23-10-12-25(32-6)13-11-23/h10-14,16,20,26-27H,15,17-19,21-22H2,1-9H3/b16-14+,24-20-/t26-,27+/m0/s1. The number of benzene rings is 1. The molecule has 0 aliphatic carbocycles. The van der Waals surface area contributed by atoms with E-state index in [1.807, 2.05) is 24.3 Å². The lowest BCUT2D eigenvalue weighted by Crippen LogP contribution is -2.42. The molecule has 1 aliphatic rings. The van der Waals surface area contributed by atoms with E-state index in [1.165, 1.54) is 7.11 Å². The van der Waals surface area contributed by atoms with Gasteiger partial charge in [-0.1, -0.05) is 64.5 Å². The first kappa shape index (κ1) is 31.3. The smallest absolute Gasteiger partial charge is 0.330 e. The highest BCUT2D eigenvalue weighted by Crippen LogP contribution is 2.38. The molecule has 0 unspecified atom stereocenters. The summed E-state index contributed by atoms with van der Waals surface area (Å²) in [7, 11) is 1.24. The third-order valence-electron chi connectivity index (χ3n) is 7.23. The van der Waals surface area contributed by atoms with E-state index >= 15 is 0 Å². The number of rotatable bonds is 12. The van der Waals surface area contributed by atoms with Gasteiger partial charge in [0.2, 0.25) is 0 Å². The summed E-state index contributed by atoms with van der Waals surface area (Å²) in [5, 5.41) is 0.176. The van der Waals surface area contributed by atoms with Crippen LogP contribution >= 0.6 is 0 Å². The molecule has 0 saturated carbocycles. The Kier molecular flexibility index (Phi) is 11.6. The Labute approximate surface area is 225 Å². The molecule has 0 radical (unpaired) electrons. The van der Waals surface area contributed by atoms with Crippen molar-refractivity contribution in [3.63, 3.8) is 0 Å². The molecule has 2 atom stereocenters. The van der Waals surface area contributed by atoms with E-state index in [4.69, 9.17) is 23.4 Å². The molecule has 0 spiro atoms. The van der Waals surface area contributed by atoms with E-state index in [1.54, 1.807) is 13.2 Å². The zero-order valence-corrected chi connectivity index (χ0v) is 25.4. The van der Waals surface area contributed by atoms with E-state index in [9.17, 15) is 4.79 Å². The largest absolute Gasteiger partial charge is 0.497 e. The van der Waals surface area contributed by atoms with Gasteiger partial charge in [-0.15, -0.1) is 0 Å². The Morgan fingerprint density at radius 1 is 1.08 bits per heavy atom. The molecule has 208 valence electrons. The molecule has 1 aromatic rings. The molecule has 0 N–H and O–H groups in total. The average Bonchev–Trinajstić information content (AvgIpc) is 2.84. The Morgan fingerprint density at radius 2 is 1.76 bits per heavy atom. The third-order valence-corrected chi connectivity index (χ3v) is 11.7. The van der Waals surface area contributed by atoms with E-state index in [0.29, 0.717) is 32.7 Å². The highest BCUT2D eigenvalue weighted by molar-refractivity contribution is 6.74. The molecule has 0 amide bonds. The SMILES string of the molecule is COC(=O)/C=C1\C[C@@H](CCOCc2ccc(OC)cc2)O[C@@H](/C=C/C(C)(C)CO[Si](C)(C)C(C)(C)C)C1. The molecule has 1 aliphatic heterocycles. The van der Waals surface area contributed by atoms with Crippen molar-refractivity contribution in [3.8, 4) is 5.75 Å². The van der Waals surface area contributed by atoms with Gasteiger partial charge >= 0.3 is 5.97 Å². The van der Waals surface area contributed by atoms with Crippen LogP contribution in [0.1, 0.15) is 59.4 Å². The van der Waals surface area contributed by atoms with Crippen LogP contribution in [-0.2, 0) is 30.0 Å². The Bertz CT molecular complexity index is 911. The maximum atomic E-state index is 11.9. The van der Waals surface area contributed by atoms with Gasteiger partial charge in [0.25, 0.3) is 0 Å². The predicted octanol–water partition coefficient (Wildman–Crippen LogP) is 6.85. The third kappa shape index (κ3) is 10.8. The van der Waals surface area contributed by atoms with Crippen molar-refractivity contribution in [2.75, 3.05) is 27.4 Å². The lowest BCUT2D eigenvalue weighted by atomic mass is 9.91. The Morgan fingerprint density at radius 3 is 2.35 bits per heavy atom. The van der Waals surface area contributed by atoms with Crippen LogP contribution in [0.15, 0.2) is 48.1 Å². The van der Waals surface area contributed by atoms with Crippen LogP contribution in [0.5, 0.6) is 5.75 Å². The monoisotopic (exact) mass is 532 g/mol. The van der Waals surface area contributed by atoms with E-state index in [2.05, 4.69) is 59.9 Å². The zero-order chi connectivity index (χ0) is 27.7. The highest BCUT2D eigenvalue weighted by Gasteiger charge is 2.38. The predicted molar refractivity (Wildman–Crippen MR) is 151 cm³/mol. The number of methoxy groups -OCH3 is 2. The van der Waals surface area contributed by atoms with Gasteiger partial charge in [-0.2, -0.15) is 0 Å². The van der Waals surface area contributed by atoms with Crippen molar-refractivity contribution < 1.29 is 28.2 Å². The second kappa shape index (κ2) is 13.7. The van der Waals surface area contributed by atoms with Crippen molar-refractivity contribution in [1.82, 2.24) is 0 Å². The van der Waals surface area contributed by atoms with E-state index in [0.717, 1.165) is 23.3 Å². The second-order valence-corrected chi connectivity index (χ2v) is 16.9. The topological polar surface area (TPSA) is 63.2 Å². The molecule has 0 aromatic heterocycles. The van der Waals surface area contributed by atoms with Crippen molar-refractivity contribution in [3.05, 3.63) is 53.6 Å². The second-order valence-electron chi connectivity index (χ2n) is 12.1. The summed E-state index contributed by atoms with van der Waals surface area (Å²) >= 11 is 0. The molecule has 7 heteroatoms. The maximum absolute atomic E-state index is 11.9. The minimum atomic E-state index is -1.82. The fourth-order valence-electron chi connectivity index (χ4n) is 3.73. The van der Waals surface area contributed by atoms with Gasteiger partial charge in [0, 0.05) is 24.7 Å². The fraction of sp³-hybridized carbons (Fsp3) is 0.633. The van der Waals surface area contributed by atoms with Crippen molar-refractivity contribution in [2.24, 2.45) is 5.41 Å². The van der Waals surface area contributed by atoms with Crippen LogP contribution in [0.25, 0.3) is 0 Å². The van der Waals surface area contributed by atoms with Gasteiger partial charge < -0.3 is 23.4 Å². The molecular formula is C30H48O6Si. The molecule has 1 aromatic carbocycles. The molecule has 1 heterocycles. The highest BCUT2D eigenvalue weighted by atomic mass is 28.4. The zero-order valence-electron chi connectivity index (χ0n) is 24.4. The maximum Gasteiger partial charge on any atom is 0.330 e. The quantitative estimate of drug-likeness (QED) is 0.0964. The van der Waals surface area contributed by atoms with Gasteiger partial charge in [0.05, 0.1) is 33.0 Å². The first-order valence-corrected chi connectivity index (χ1v) is 16.1. The van der Waals surface area contributed by atoms with Crippen molar-refractivity contribution >= 4 is 14.3 Å². The summed E-state index contributed by atoms with van der Waals surface area (Å²) in [4.78, 5) is 11.9. The van der Waals surface area contributed by atoms with Crippen LogP contribution in [0.4, 0.5) is 0 Å². The van der Waals surface area contributed by atoms with Crippen LogP contribution in [0, 0.1) is 5.41 Å². The van der Waals surface area contributed by atoms with Crippen LogP contribution < -0.4 is 4.74 Å². The summed E-state index contributed by atoms with van der Waals surface area (Å²) in [5.74, 6) is 0.510. The molecule has 1 fully saturated rings. The minimum Gasteiger partial charge on any atom is -0.497 e. The Balaban J connectivity index is 1.97. The first-order valence-electron chi connectivity index (χ1n) is 13.2. The molecule has 0 bridgehead atoms. The molecule has 6 nitrogen and oxygen atoms in total. The van der Waals surface area contributed by atoms with Gasteiger partial charge in [0.15, 0.2) is 8.32 Å². The summed E-state index contributed by atoms with van der Waals surface area (Å²) in [6.07, 6.45) is 7.92. The number of ether oxygens (including phenoxy) is 4. The lowest BCUT2D eigenvalue weighted by Gasteiger charge is -2.38. The van der Waals surface area contributed by atoms with Gasteiger partial charge in [0.1, 0.15) is 5.75 Å². The van der Waals surface area contributed by atoms with Crippen LogP contribution in [-0.4, -0.2) is 53.9 Å². The minimum absolute atomic E-state index is 0.0261. The summed E-state index contributed by atoms with van der Waals surface area (Å²) in [6, 6.07) is 7.88. The van der Waals surface area contributed by atoms with E-state index in [-0.39, 0.29) is 28.6 Å². The number of esters is 1. The van der Waals surface area contributed by atoms with Crippen LogP contribution in [0.2, 0.25) is 18.1 Å². The number of hydrogen-bond acceptors (Lipinski definition) is 6. The fourth-order valence-corrected chi connectivity index (χ4v) is 4.90. The van der Waals surface area contributed by atoms with Gasteiger partial charge in [-0.05, 0) is 55.1 Å².